The van der Waals surface area contributed by atoms with Gasteiger partial charge in [-0.3, -0.25) is 4.99 Å². The maximum atomic E-state index is 5.84. The molecule has 0 radical (unpaired) electrons. The summed E-state index contributed by atoms with van der Waals surface area (Å²) in [5.41, 5.74) is 12.5. The number of hydrogen-bond donors (Lipinski definition) is 2. The molecule has 1 saturated carbocycles. The van der Waals surface area contributed by atoms with Gasteiger partial charge >= 0.3 is 0 Å². The Morgan fingerprint density at radius 2 is 2.00 bits per heavy atom. The monoisotopic (exact) mass is 225 g/mol. The van der Waals surface area contributed by atoms with E-state index in [0.717, 1.165) is 31.3 Å². The molecule has 4 N–H and O–H groups in total. The van der Waals surface area contributed by atoms with Crippen molar-refractivity contribution < 1.29 is 4.74 Å². The SMILES string of the molecule is CCOC(N)=C(C)C=NC1CCC(N)CC1. The summed E-state index contributed by atoms with van der Waals surface area (Å²) >= 11 is 0. The van der Waals surface area contributed by atoms with Crippen molar-refractivity contribution >= 4 is 6.21 Å². The summed E-state index contributed by atoms with van der Waals surface area (Å²) < 4.78 is 5.21. The third-order valence-corrected chi connectivity index (χ3v) is 2.91. The van der Waals surface area contributed by atoms with Crippen LogP contribution in [0.15, 0.2) is 16.4 Å². The fourth-order valence-corrected chi connectivity index (χ4v) is 1.80. The highest BCUT2D eigenvalue weighted by Crippen LogP contribution is 2.19. The van der Waals surface area contributed by atoms with Gasteiger partial charge in [-0.2, -0.15) is 0 Å². The highest BCUT2D eigenvalue weighted by molar-refractivity contribution is 5.78. The second kappa shape index (κ2) is 6.53. The van der Waals surface area contributed by atoms with E-state index in [0.29, 0.717) is 24.6 Å². The number of nitrogens with zero attached hydrogens (tertiary/aromatic N) is 1. The van der Waals surface area contributed by atoms with E-state index in [2.05, 4.69) is 4.99 Å². The molecule has 1 rings (SSSR count). The first-order valence-electron chi connectivity index (χ1n) is 6.01. The lowest BCUT2D eigenvalue weighted by Gasteiger charge is -2.22. The van der Waals surface area contributed by atoms with Crippen molar-refractivity contribution in [3.63, 3.8) is 0 Å². The Bertz CT molecular complexity index is 265. The Balaban J connectivity index is 2.44. The van der Waals surface area contributed by atoms with Gasteiger partial charge in [-0.05, 0) is 39.5 Å². The molecule has 4 heteroatoms. The first-order chi connectivity index (χ1) is 7.63. The van der Waals surface area contributed by atoms with Crippen molar-refractivity contribution in [2.45, 2.75) is 51.6 Å². The van der Waals surface area contributed by atoms with E-state index in [4.69, 9.17) is 16.2 Å². The molecule has 0 heterocycles. The van der Waals surface area contributed by atoms with Crippen LogP contribution in [0.1, 0.15) is 39.5 Å². The lowest BCUT2D eigenvalue weighted by atomic mass is 9.92. The normalized spacial score (nSPS) is 27.9. The van der Waals surface area contributed by atoms with E-state index in [1.54, 1.807) is 0 Å². The Labute approximate surface area is 97.7 Å². The zero-order valence-corrected chi connectivity index (χ0v) is 10.3. The zero-order chi connectivity index (χ0) is 12.0. The summed E-state index contributed by atoms with van der Waals surface area (Å²) in [6.45, 7) is 4.43. The second-order valence-electron chi connectivity index (χ2n) is 4.33. The average Bonchev–Trinajstić information content (AvgIpc) is 2.28. The molecule has 1 aliphatic rings. The van der Waals surface area contributed by atoms with Crippen LogP contribution in [0.25, 0.3) is 0 Å². The Morgan fingerprint density at radius 3 is 2.56 bits per heavy atom. The third kappa shape index (κ3) is 4.23. The largest absolute Gasteiger partial charge is 0.479 e. The molecule has 0 saturated heterocycles. The Morgan fingerprint density at radius 1 is 1.38 bits per heavy atom. The van der Waals surface area contributed by atoms with Crippen LogP contribution in [0.3, 0.4) is 0 Å². The maximum absolute atomic E-state index is 5.84. The molecular formula is C12H23N3O. The van der Waals surface area contributed by atoms with E-state index in [9.17, 15) is 0 Å². The lowest BCUT2D eigenvalue weighted by molar-refractivity contribution is 0.224. The summed E-state index contributed by atoms with van der Waals surface area (Å²) in [5, 5.41) is 0. The minimum atomic E-state index is 0.372. The molecule has 0 aromatic heterocycles. The molecule has 0 unspecified atom stereocenters. The van der Waals surface area contributed by atoms with Gasteiger partial charge in [-0.1, -0.05) is 0 Å². The summed E-state index contributed by atoms with van der Waals surface area (Å²) in [4.78, 5) is 4.52. The highest BCUT2D eigenvalue weighted by atomic mass is 16.5. The molecule has 0 amide bonds. The summed E-state index contributed by atoms with van der Waals surface area (Å²) in [6.07, 6.45) is 6.14. The molecule has 0 aromatic rings. The van der Waals surface area contributed by atoms with E-state index < -0.39 is 0 Å². The predicted molar refractivity (Wildman–Crippen MR) is 67.2 cm³/mol. The molecular weight excluding hydrogens is 202 g/mol. The quantitative estimate of drug-likeness (QED) is 0.563. The van der Waals surface area contributed by atoms with Crippen LogP contribution in [-0.2, 0) is 4.74 Å². The van der Waals surface area contributed by atoms with Gasteiger partial charge in [0.05, 0.1) is 12.6 Å². The van der Waals surface area contributed by atoms with Crippen LogP contribution < -0.4 is 11.5 Å². The topological polar surface area (TPSA) is 73.6 Å². The van der Waals surface area contributed by atoms with Crippen LogP contribution in [-0.4, -0.2) is 24.9 Å². The van der Waals surface area contributed by atoms with Gasteiger partial charge in [0, 0.05) is 17.8 Å². The van der Waals surface area contributed by atoms with Gasteiger partial charge < -0.3 is 16.2 Å². The van der Waals surface area contributed by atoms with Crippen LogP contribution in [0.5, 0.6) is 0 Å². The van der Waals surface area contributed by atoms with Gasteiger partial charge in [0.25, 0.3) is 0 Å². The minimum Gasteiger partial charge on any atom is -0.479 e. The lowest BCUT2D eigenvalue weighted by Crippen LogP contribution is -2.28. The number of ether oxygens (including phenoxy) is 1. The van der Waals surface area contributed by atoms with Gasteiger partial charge in [0.2, 0.25) is 0 Å². The van der Waals surface area contributed by atoms with Gasteiger partial charge in [0.15, 0.2) is 5.88 Å². The number of aliphatic imine (C=N–C) groups is 1. The smallest absolute Gasteiger partial charge is 0.188 e. The first kappa shape index (κ1) is 13.0. The molecule has 0 aliphatic heterocycles. The van der Waals surface area contributed by atoms with E-state index >= 15 is 0 Å². The summed E-state index contributed by atoms with van der Waals surface area (Å²) in [5.74, 6) is 0.471. The van der Waals surface area contributed by atoms with E-state index in [-0.39, 0.29) is 0 Å². The highest BCUT2D eigenvalue weighted by Gasteiger charge is 2.16. The van der Waals surface area contributed by atoms with E-state index in [1.165, 1.54) is 0 Å². The van der Waals surface area contributed by atoms with E-state index in [1.807, 2.05) is 20.1 Å². The molecule has 0 atom stereocenters. The molecule has 0 aromatic carbocycles. The van der Waals surface area contributed by atoms with Crippen LogP contribution >= 0.6 is 0 Å². The number of allylic oxidation sites excluding steroid dienone is 1. The minimum absolute atomic E-state index is 0.372. The van der Waals surface area contributed by atoms with Crippen molar-refractivity contribution in [1.82, 2.24) is 0 Å². The molecule has 1 aliphatic carbocycles. The zero-order valence-electron chi connectivity index (χ0n) is 10.3. The number of hydrogen-bond acceptors (Lipinski definition) is 4. The summed E-state index contributed by atoms with van der Waals surface area (Å²) in [6, 6.07) is 0.778. The fourth-order valence-electron chi connectivity index (χ4n) is 1.80. The van der Waals surface area contributed by atoms with Crippen molar-refractivity contribution in [2.75, 3.05) is 6.61 Å². The van der Waals surface area contributed by atoms with Crippen molar-refractivity contribution in [2.24, 2.45) is 16.5 Å². The van der Waals surface area contributed by atoms with Crippen molar-refractivity contribution in [1.29, 1.82) is 0 Å². The van der Waals surface area contributed by atoms with Crippen LogP contribution in [0.4, 0.5) is 0 Å². The first-order valence-corrected chi connectivity index (χ1v) is 6.01. The summed E-state index contributed by atoms with van der Waals surface area (Å²) in [7, 11) is 0. The van der Waals surface area contributed by atoms with Gasteiger partial charge in [0.1, 0.15) is 0 Å². The van der Waals surface area contributed by atoms with Crippen LogP contribution in [0, 0.1) is 0 Å². The second-order valence-corrected chi connectivity index (χ2v) is 4.33. The average molecular weight is 225 g/mol. The number of rotatable bonds is 4. The molecule has 92 valence electrons. The van der Waals surface area contributed by atoms with Gasteiger partial charge in [-0.25, -0.2) is 0 Å². The third-order valence-electron chi connectivity index (χ3n) is 2.91. The predicted octanol–water partition coefficient (Wildman–Crippen LogP) is 1.55. The standard InChI is InChI=1S/C12H23N3O/c1-3-16-12(14)9(2)8-15-11-6-4-10(13)5-7-11/h8,10-11H,3-7,13-14H2,1-2H3. The molecule has 0 spiro atoms. The van der Waals surface area contributed by atoms with Crippen molar-refractivity contribution in [3.8, 4) is 0 Å². The fraction of sp³-hybridized carbons (Fsp3) is 0.750. The molecule has 16 heavy (non-hydrogen) atoms. The molecule has 0 bridgehead atoms. The van der Waals surface area contributed by atoms with Gasteiger partial charge in [-0.15, -0.1) is 0 Å². The molecule has 1 fully saturated rings. The molecule has 4 nitrogen and oxygen atoms in total. The van der Waals surface area contributed by atoms with Crippen molar-refractivity contribution in [3.05, 3.63) is 11.5 Å². The Hall–Kier alpha value is -1.03. The number of nitrogens with two attached hydrogens (primary N) is 2. The van der Waals surface area contributed by atoms with Crippen LogP contribution in [0.2, 0.25) is 0 Å². The maximum Gasteiger partial charge on any atom is 0.188 e. The Kier molecular flexibility index (Phi) is 5.32.